The molecule has 7 heteroatoms. The van der Waals surface area contributed by atoms with Gasteiger partial charge in [-0.3, -0.25) is 20.1 Å². The molecular weight excluding hydrogens is 506 g/mol. The molecule has 41 heavy (non-hydrogen) atoms. The molecule has 1 aliphatic rings. The number of nitrogens with zero attached hydrogens (tertiary/aromatic N) is 4. The van der Waals surface area contributed by atoms with Crippen molar-refractivity contribution < 1.29 is 0 Å². The van der Waals surface area contributed by atoms with Crippen LogP contribution in [0.25, 0.3) is 51.6 Å². The topological polar surface area (TPSA) is 95.2 Å². The second-order valence-electron chi connectivity index (χ2n) is 11.0. The number of aromatic amines is 2. The summed E-state index contributed by atoms with van der Waals surface area (Å²) in [6, 6.07) is 8.19. The van der Waals surface area contributed by atoms with Crippen molar-refractivity contribution in [3.05, 3.63) is 95.9 Å². The molecule has 206 valence electrons. The van der Waals surface area contributed by atoms with Gasteiger partial charge in [-0.1, -0.05) is 57.4 Å². The van der Waals surface area contributed by atoms with Crippen LogP contribution >= 0.6 is 0 Å². The maximum Gasteiger partial charge on any atom is 0.116 e. The fraction of sp³-hybridized carbons (Fsp3) is 0.235. The average molecular weight is 542 g/mol. The number of rotatable bonds is 8. The highest BCUT2D eigenvalue weighted by atomic mass is 15.1. The summed E-state index contributed by atoms with van der Waals surface area (Å²) in [6.07, 6.45) is 22.8. The van der Waals surface area contributed by atoms with Gasteiger partial charge in [0.25, 0.3) is 0 Å². The third-order valence-electron chi connectivity index (χ3n) is 7.95. The lowest BCUT2D eigenvalue weighted by Gasteiger charge is -2.22. The van der Waals surface area contributed by atoms with Crippen molar-refractivity contribution in [3.63, 3.8) is 0 Å². The van der Waals surface area contributed by atoms with E-state index in [0.29, 0.717) is 0 Å². The SMILES string of the molecule is C=C(CC1CCCCC1)Nc1cncc(/C(C)=C/C=c2/[nH]nc(-c3cc4c(-c5cccnc5)cncc4[nH]3)c2=C)c1. The molecule has 7 nitrogen and oxygen atoms in total. The quantitative estimate of drug-likeness (QED) is 0.206. The number of hydrogen-bond donors (Lipinski definition) is 3. The van der Waals surface area contributed by atoms with Crippen LogP contribution in [0.5, 0.6) is 0 Å². The Hall–Kier alpha value is -4.78. The first kappa shape index (κ1) is 26.4. The Morgan fingerprint density at radius 3 is 2.73 bits per heavy atom. The molecule has 0 aliphatic heterocycles. The van der Waals surface area contributed by atoms with Crippen molar-refractivity contribution in [2.24, 2.45) is 5.92 Å². The average Bonchev–Trinajstić information content (AvgIpc) is 3.60. The lowest BCUT2D eigenvalue weighted by molar-refractivity contribution is 0.357. The molecule has 5 aromatic rings. The summed E-state index contributed by atoms with van der Waals surface area (Å²) in [6.45, 7) is 10.7. The van der Waals surface area contributed by atoms with Gasteiger partial charge >= 0.3 is 0 Å². The zero-order chi connectivity index (χ0) is 28.2. The molecule has 1 fully saturated rings. The summed E-state index contributed by atoms with van der Waals surface area (Å²) in [5, 5.41) is 14.0. The van der Waals surface area contributed by atoms with E-state index in [-0.39, 0.29) is 0 Å². The van der Waals surface area contributed by atoms with Crippen molar-refractivity contribution in [2.75, 3.05) is 5.32 Å². The molecule has 0 radical (unpaired) electrons. The zero-order valence-electron chi connectivity index (χ0n) is 23.5. The molecule has 5 heterocycles. The van der Waals surface area contributed by atoms with Crippen molar-refractivity contribution >= 4 is 34.8 Å². The van der Waals surface area contributed by atoms with Crippen LogP contribution in [0.3, 0.4) is 0 Å². The minimum Gasteiger partial charge on any atom is -0.358 e. The Morgan fingerprint density at radius 1 is 1.05 bits per heavy atom. The number of H-pyrrole nitrogens is 2. The van der Waals surface area contributed by atoms with E-state index >= 15 is 0 Å². The van der Waals surface area contributed by atoms with Crippen molar-refractivity contribution in [1.29, 1.82) is 0 Å². The summed E-state index contributed by atoms with van der Waals surface area (Å²) in [7, 11) is 0. The highest BCUT2D eigenvalue weighted by molar-refractivity contribution is 5.97. The fourth-order valence-electron chi connectivity index (χ4n) is 5.69. The van der Waals surface area contributed by atoms with Gasteiger partial charge in [0.05, 0.1) is 34.6 Å². The lowest BCUT2D eigenvalue weighted by atomic mass is 9.86. The minimum atomic E-state index is 0.747. The molecule has 0 amide bonds. The Kier molecular flexibility index (Phi) is 7.58. The second kappa shape index (κ2) is 11.8. The van der Waals surface area contributed by atoms with Gasteiger partial charge in [0.2, 0.25) is 0 Å². The number of fused-ring (bicyclic) bond motifs is 1. The molecule has 0 atom stereocenters. The molecule has 0 spiro atoms. The maximum absolute atomic E-state index is 4.58. The van der Waals surface area contributed by atoms with Gasteiger partial charge < -0.3 is 10.3 Å². The van der Waals surface area contributed by atoms with E-state index in [4.69, 9.17) is 0 Å². The number of aromatic nitrogens is 6. The summed E-state index contributed by atoms with van der Waals surface area (Å²) >= 11 is 0. The maximum atomic E-state index is 4.58. The summed E-state index contributed by atoms with van der Waals surface area (Å²) in [5.74, 6) is 0.747. The molecule has 1 aliphatic carbocycles. The highest BCUT2D eigenvalue weighted by Gasteiger charge is 2.15. The third-order valence-corrected chi connectivity index (χ3v) is 7.95. The van der Waals surface area contributed by atoms with E-state index in [1.54, 1.807) is 6.20 Å². The lowest BCUT2D eigenvalue weighted by Crippen LogP contribution is -2.21. The molecule has 0 aromatic carbocycles. The second-order valence-corrected chi connectivity index (χ2v) is 11.0. The fourth-order valence-corrected chi connectivity index (χ4v) is 5.69. The number of pyridine rings is 3. The molecular formula is C34H35N7. The number of anilines is 1. The molecule has 1 saturated carbocycles. The third kappa shape index (κ3) is 5.89. The van der Waals surface area contributed by atoms with E-state index in [9.17, 15) is 0 Å². The van der Waals surface area contributed by atoms with Gasteiger partial charge in [0.1, 0.15) is 5.69 Å². The standard InChI is InChI=1S/C34H35N7/c1-22(27-15-28(19-36-18-27)38-23(2)14-25-8-5-4-6-9-25)11-12-31-24(3)34(41-40-31)32-16-29-30(20-37-21-33(29)39-32)26-10-7-13-35-17-26/h7,10-13,15-21,25,38-40H,2-6,8-9,14H2,1H3/b22-11+,31-12+. The van der Waals surface area contributed by atoms with Crippen molar-refractivity contribution in [1.82, 2.24) is 30.1 Å². The van der Waals surface area contributed by atoms with E-state index in [2.05, 4.69) is 73.7 Å². The normalized spacial score (nSPS) is 15.0. The van der Waals surface area contributed by atoms with E-state index in [0.717, 1.165) is 78.8 Å². The van der Waals surface area contributed by atoms with Crippen LogP contribution in [0.15, 0.2) is 79.8 Å². The van der Waals surface area contributed by atoms with Crippen LogP contribution in [0.2, 0.25) is 0 Å². The number of hydrogen-bond acceptors (Lipinski definition) is 5. The molecule has 0 saturated heterocycles. The zero-order valence-corrected chi connectivity index (χ0v) is 23.5. The van der Waals surface area contributed by atoms with Crippen LogP contribution in [-0.4, -0.2) is 30.1 Å². The summed E-state index contributed by atoms with van der Waals surface area (Å²) in [4.78, 5) is 16.6. The molecule has 5 aromatic heterocycles. The number of nitrogens with one attached hydrogen (secondary N) is 3. The Labute approximate surface area is 239 Å². The van der Waals surface area contributed by atoms with Crippen LogP contribution in [-0.2, 0) is 0 Å². The van der Waals surface area contributed by atoms with Crippen molar-refractivity contribution in [2.45, 2.75) is 45.4 Å². The molecule has 3 N–H and O–H groups in total. The molecule has 0 unspecified atom stereocenters. The first-order chi connectivity index (χ1) is 20.0. The predicted octanol–water partition coefficient (Wildman–Crippen LogP) is 6.60. The van der Waals surface area contributed by atoms with E-state index in [1.165, 1.54) is 32.1 Å². The minimum absolute atomic E-state index is 0.747. The first-order valence-electron chi connectivity index (χ1n) is 14.2. The summed E-state index contributed by atoms with van der Waals surface area (Å²) < 4.78 is 0. The molecule has 6 rings (SSSR count). The first-order valence-corrected chi connectivity index (χ1v) is 14.2. The van der Waals surface area contributed by atoms with Crippen LogP contribution in [0.4, 0.5) is 5.69 Å². The Morgan fingerprint density at radius 2 is 1.90 bits per heavy atom. The molecule has 0 bridgehead atoms. The predicted molar refractivity (Wildman–Crippen MR) is 168 cm³/mol. The van der Waals surface area contributed by atoms with E-state index in [1.807, 2.05) is 49.2 Å². The summed E-state index contributed by atoms with van der Waals surface area (Å²) in [5.41, 5.74) is 8.81. The van der Waals surface area contributed by atoms with Gasteiger partial charge in [0.15, 0.2) is 0 Å². The smallest absolute Gasteiger partial charge is 0.116 e. The van der Waals surface area contributed by atoms with Gasteiger partial charge in [-0.25, -0.2) is 0 Å². The van der Waals surface area contributed by atoms with Gasteiger partial charge in [-0.2, -0.15) is 5.10 Å². The van der Waals surface area contributed by atoms with Crippen molar-refractivity contribution in [3.8, 4) is 22.5 Å². The van der Waals surface area contributed by atoms with Crippen LogP contribution in [0, 0.1) is 5.92 Å². The van der Waals surface area contributed by atoms with Gasteiger partial charge in [0, 0.05) is 52.2 Å². The van der Waals surface area contributed by atoms with E-state index < -0.39 is 0 Å². The Bertz CT molecular complexity index is 1820. The highest BCUT2D eigenvalue weighted by Crippen LogP contribution is 2.30. The monoisotopic (exact) mass is 541 g/mol. The number of allylic oxidation sites excluding steroid dienone is 3. The van der Waals surface area contributed by atoms with Crippen LogP contribution < -0.4 is 15.9 Å². The van der Waals surface area contributed by atoms with Gasteiger partial charge in [-0.15, -0.1) is 0 Å². The van der Waals surface area contributed by atoms with Crippen LogP contribution in [0.1, 0.15) is 51.0 Å². The largest absolute Gasteiger partial charge is 0.358 e. The van der Waals surface area contributed by atoms with Gasteiger partial charge in [-0.05, 0) is 54.7 Å². The Balaban J connectivity index is 1.21.